The Hall–Kier alpha value is -3.57. The van der Waals surface area contributed by atoms with E-state index in [0.717, 1.165) is 13.8 Å². The van der Waals surface area contributed by atoms with Gasteiger partial charge >= 0.3 is 24.0 Å². The summed E-state index contributed by atoms with van der Waals surface area (Å²) < 4.78 is 37.8. The largest absolute Gasteiger partial charge is 0.462 e. The first-order valence-electron chi connectivity index (χ1n) is 10.6. The van der Waals surface area contributed by atoms with Crippen LogP contribution in [0.1, 0.15) is 27.0 Å². The van der Waals surface area contributed by atoms with Gasteiger partial charge in [0.05, 0.1) is 6.33 Å². The Bertz CT molecular complexity index is 1230. The number of ether oxygens (including phenoxy) is 4. The number of anilines is 1. The molecule has 0 amide bonds. The molecule has 1 fully saturated rings. The molecule has 3 rings (SSSR count). The van der Waals surface area contributed by atoms with Crippen LogP contribution in [0.3, 0.4) is 0 Å². The van der Waals surface area contributed by atoms with E-state index >= 15 is 0 Å². The fraction of sp³-hybridized carbons (Fsp3) is 0.524. The van der Waals surface area contributed by atoms with Crippen LogP contribution < -0.4 is 5.73 Å². The standard InChI is InChI=1S/C21H26FN5O7Si/c1-11(28)31-9-21(7-8-35(4,5)6)16(33-13(3)30)15(32-12(2)29)19(34-21)27-10-24-14-17(23)25-20(22)26-18(14)27/h10,15-16,19H,9H2,1-6H3,(H2,23,25,26)/t15?,16?,19-,21-/m1/s1. The minimum Gasteiger partial charge on any atom is -0.462 e. The number of fused-ring (bicyclic) bond motifs is 1. The smallest absolute Gasteiger partial charge is 0.312 e. The first-order valence-corrected chi connectivity index (χ1v) is 14.1. The van der Waals surface area contributed by atoms with Gasteiger partial charge in [-0.2, -0.15) is 14.4 Å². The summed E-state index contributed by atoms with van der Waals surface area (Å²) in [6.07, 6.45) is -3.73. The molecule has 3 heterocycles. The van der Waals surface area contributed by atoms with E-state index in [4.69, 9.17) is 24.7 Å². The van der Waals surface area contributed by atoms with Crippen molar-refractivity contribution in [2.75, 3.05) is 12.3 Å². The van der Waals surface area contributed by atoms with Gasteiger partial charge < -0.3 is 24.7 Å². The van der Waals surface area contributed by atoms with E-state index in [2.05, 4.69) is 26.4 Å². The van der Waals surface area contributed by atoms with Crippen LogP contribution in [0.25, 0.3) is 11.2 Å². The van der Waals surface area contributed by atoms with Crippen molar-refractivity contribution in [2.24, 2.45) is 0 Å². The van der Waals surface area contributed by atoms with Gasteiger partial charge in [-0.25, -0.2) is 4.98 Å². The molecule has 0 bridgehead atoms. The number of rotatable bonds is 5. The molecule has 0 saturated carbocycles. The number of hydrogen-bond donors (Lipinski definition) is 1. The van der Waals surface area contributed by atoms with Crippen LogP contribution in [0.2, 0.25) is 19.6 Å². The molecule has 0 aromatic carbocycles. The van der Waals surface area contributed by atoms with E-state index in [9.17, 15) is 18.8 Å². The molecule has 2 aromatic heterocycles. The zero-order chi connectivity index (χ0) is 26.1. The van der Waals surface area contributed by atoms with Crippen LogP contribution in [-0.4, -0.2) is 69.9 Å². The minimum atomic E-state index is -2.03. The molecule has 14 heteroatoms. The molecule has 2 unspecified atom stereocenters. The summed E-state index contributed by atoms with van der Waals surface area (Å²) in [5.74, 6) is 0.713. The number of carbonyl (C=O) groups excluding carboxylic acids is 3. The van der Waals surface area contributed by atoms with Crippen molar-refractivity contribution < 1.29 is 37.7 Å². The van der Waals surface area contributed by atoms with Gasteiger partial charge in [0.1, 0.15) is 14.7 Å². The molecule has 2 N–H and O–H groups in total. The summed E-state index contributed by atoms with van der Waals surface area (Å²) >= 11 is 0. The van der Waals surface area contributed by atoms with Crippen LogP contribution >= 0.6 is 0 Å². The number of nitrogen functional groups attached to an aromatic ring is 1. The second kappa shape index (κ2) is 9.59. The number of carbonyl (C=O) groups is 3. The molecule has 0 radical (unpaired) electrons. The van der Waals surface area contributed by atoms with E-state index < -0.39 is 62.7 Å². The molecule has 1 saturated heterocycles. The predicted octanol–water partition coefficient (Wildman–Crippen LogP) is 1.12. The molecule has 35 heavy (non-hydrogen) atoms. The maximum absolute atomic E-state index is 14.0. The Kier molecular flexibility index (Phi) is 7.13. The zero-order valence-corrected chi connectivity index (χ0v) is 21.1. The molecule has 4 atom stereocenters. The topological polar surface area (TPSA) is 158 Å². The van der Waals surface area contributed by atoms with Gasteiger partial charge in [0.2, 0.25) is 5.60 Å². The fourth-order valence-corrected chi connectivity index (χ4v) is 4.07. The van der Waals surface area contributed by atoms with Crippen molar-refractivity contribution in [1.29, 1.82) is 0 Å². The number of halogens is 1. The van der Waals surface area contributed by atoms with Crippen molar-refractivity contribution in [1.82, 2.24) is 19.5 Å². The van der Waals surface area contributed by atoms with Crippen LogP contribution in [0.15, 0.2) is 6.33 Å². The molecular formula is C21H26FN5O7Si. The lowest BCUT2D eigenvalue weighted by Gasteiger charge is -2.29. The van der Waals surface area contributed by atoms with E-state index in [-0.39, 0.29) is 17.0 Å². The van der Waals surface area contributed by atoms with Gasteiger partial charge in [-0.3, -0.25) is 19.0 Å². The Morgan fingerprint density at radius 3 is 2.40 bits per heavy atom. The highest BCUT2D eigenvalue weighted by Crippen LogP contribution is 2.42. The van der Waals surface area contributed by atoms with Gasteiger partial charge in [0.25, 0.3) is 0 Å². The second-order valence-electron chi connectivity index (χ2n) is 8.98. The first-order chi connectivity index (χ1) is 16.2. The first kappa shape index (κ1) is 26.0. The van der Waals surface area contributed by atoms with Crippen LogP contribution in [0.4, 0.5) is 10.2 Å². The number of aromatic nitrogens is 4. The third-order valence-corrected chi connectivity index (χ3v) is 5.67. The summed E-state index contributed by atoms with van der Waals surface area (Å²) in [6.45, 7) is 9.00. The van der Waals surface area contributed by atoms with Crippen molar-refractivity contribution >= 4 is 43.0 Å². The Balaban J connectivity index is 2.25. The van der Waals surface area contributed by atoms with E-state index in [1.54, 1.807) is 0 Å². The summed E-state index contributed by atoms with van der Waals surface area (Å²) in [4.78, 5) is 47.1. The lowest BCUT2D eigenvalue weighted by Crippen LogP contribution is -2.50. The van der Waals surface area contributed by atoms with Crippen molar-refractivity contribution in [3.05, 3.63) is 12.4 Å². The van der Waals surface area contributed by atoms with Crippen molar-refractivity contribution in [2.45, 2.75) is 64.4 Å². The molecule has 1 aliphatic heterocycles. The van der Waals surface area contributed by atoms with Crippen molar-refractivity contribution in [3.63, 3.8) is 0 Å². The number of nitrogens with zero attached hydrogens (tertiary/aromatic N) is 4. The summed E-state index contributed by atoms with van der Waals surface area (Å²) in [5, 5.41) is 0. The summed E-state index contributed by atoms with van der Waals surface area (Å²) in [5.41, 5.74) is 7.20. The van der Waals surface area contributed by atoms with Gasteiger partial charge in [0.15, 0.2) is 35.4 Å². The Morgan fingerprint density at radius 2 is 1.83 bits per heavy atom. The monoisotopic (exact) mass is 507 g/mol. The molecule has 2 aromatic rings. The number of nitrogens with two attached hydrogens (primary N) is 1. The van der Waals surface area contributed by atoms with E-state index in [1.807, 2.05) is 19.6 Å². The lowest BCUT2D eigenvalue weighted by atomic mass is 9.96. The van der Waals surface area contributed by atoms with Crippen LogP contribution in [0, 0.1) is 17.5 Å². The van der Waals surface area contributed by atoms with E-state index in [0.29, 0.717) is 0 Å². The Labute approximate surface area is 201 Å². The average molecular weight is 508 g/mol. The van der Waals surface area contributed by atoms with Crippen LogP contribution in [-0.2, 0) is 33.3 Å². The maximum atomic E-state index is 14.0. The average Bonchev–Trinajstić information content (AvgIpc) is 3.24. The van der Waals surface area contributed by atoms with Gasteiger partial charge in [-0.1, -0.05) is 25.6 Å². The van der Waals surface area contributed by atoms with Crippen LogP contribution in [0.5, 0.6) is 0 Å². The minimum absolute atomic E-state index is 0.0554. The molecule has 0 aliphatic carbocycles. The highest BCUT2D eigenvalue weighted by Gasteiger charge is 2.60. The number of imidazole rings is 1. The second-order valence-corrected chi connectivity index (χ2v) is 13.7. The maximum Gasteiger partial charge on any atom is 0.312 e. The quantitative estimate of drug-likeness (QED) is 0.203. The molecule has 0 spiro atoms. The van der Waals surface area contributed by atoms with E-state index in [1.165, 1.54) is 17.8 Å². The van der Waals surface area contributed by atoms with Gasteiger partial charge in [-0.15, -0.1) is 5.54 Å². The molecule has 188 valence electrons. The molecule has 1 aliphatic rings. The summed E-state index contributed by atoms with van der Waals surface area (Å²) in [6, 6.07) is 0. The van der Waals surface area contributed by atoms with Gasteiger partial charge in [-0.05, 0) is 0 Å². The molecular weight excluding hydrogens is 481 g/mol. The lowest BCUT2D eigenvalue weighted by molar-refractivity contribution is -0.169. The van der Waals surface area contributed by atoms with Gasteiger partial charge in [0, 0.05) is 20.8 Å². The normalized spacial score (nSPS) is 23.9. The third-order valence-electron chi connectivity index (χ3n) is 4.80. The molecule has 12 nitrogen and oxygen atoms in total. The number of esters is 3. The predicted molar refractivity (Wildman–Crippen MR) is 121 cm³/mol. The fourth-order valence-electron chi connectivity index (χ4n) is 3.48. The highest BCUT2D eigenvalue weighted by molar-refractivity contribution is 6.83. The van der Waals surface area contributed by atoms with Crippen molar-refractivity contribution in [3.8, 4) is 11.5 Å². The third kappa shape index (κ3) is 5.74. The summed E-state index contributed by atoms with van der Waals surface area (Å²) in [7, 11) is -2.03. The number of hydrogen-bond acceptors (Lipinski definition) is 11. The highest BCUT2D eigenvalue weighted by atomic mass is 28.3. The zero-order valence-electron chi connectivity index (χ0n) is 20.1. The SMILES string of the molecule is CC(=O)OC[C@@]1(C#C[Si](C)(C)C)O[C@@H](n2cnc3c(N)nc(F)nc32)C(OC(C)=O)C1OC(C)=O. The Morgan fingerprint density at radius 1 is 1.17 bits per heavy atom.